The molecule has 0 saturated carbocycles. The molecule has 0 aliphatic carbocycles. The molecule has 1 rings (SSSR count). The van der Waals surface area contributed by atoms with Gasteiger partial charge in [-0.05, 0) is 0 Å². The topological polar surface area (TPSA) is 47.4 Å². The summed E-state index contributed by atoms with van der Waals surface area (Å²) in [5.41, 5.74) is -0.307. The maximum atomic E-state index is 12.2. The zero-order valence-corrected chi connectivity index (χ0v) is 14.3. The van der Waals surface area contributed by atoms with Gasteiger partial charge in [-0.2, -0.15) is 5.10 Å². The van der Waals surface area contributed by atoms with Gasteiger partial charge in [0.15, 0.2) is 0 Å². The zero-order chi connectivity index (χ0) is 13.8. The van der Waals surface area contributed by atoms with Crippen molar-refractivity contribution in [3.8, 4) is 0 Å². The number of rotatable bonds is 6. The van der Waals surface area contributed by atoms with Gasteiger partial charge >= 0.3 is 58.4 Å². The van der Waals surface area contributed by atoms with Crippen LogP contribution < -0.4 is 61.8 Å². The molecule has 19 heavy (non-hydrogen) atoms. The summed E-state index contributed by atoms with van der Waals surface area (Å²) in [6.45, 7) is -4.11. The number of likely N-dealkylation sites (N-methyl/N-ethyl adjacent to an activating group) is 1. The van der Waals surface area contributed by atoms with Crippen molar-refractivity contribution in [1.29, 1.82) is 0 Å². The second-order valence-electron chi connectivity index (χ2n) is 3.86. The molecule has 0 saturated heterocycles. The number of hydrogen-bond acceptors (Lipinski definition) is 4. The zero-order valence-electron chi connectivity index (χ0n) is 11.1. The van der Waals surface area contributed by atoms with E-state index in [2.05, 4.69) is 5.10 Å². The standard InChI is InChI=1S/C9H14BF3N3O2.K/c1-15(3-4-18-2)8-5-9(17)16(14-6-8)7-10(11,12)13;/h5-6H,3-4,7H2,1-2H3;/q-1;+1. The van der Waals surface area contributed by atoms with Crippen LogP contribution in [0.1, 0.15) is 0 Å². The molecule has 0 aromatic carbocycles. The number of ether oxygens (including phenoxy) is 1. The molecule has 0 aliphatic rings. The van der Waals surface area contributed by atoms with E-state index in [9.17, 15) is 17.7 Å². The molecule has 0 unspecified atom stereocenters. The second kappa shape index (κ2) is 8.43. The molecule has 0 radical (unpaired) electrons. The molecule has 0 aliphatic heterocycles. The largest absolute Gasteiger partial charge is 1.00 e. The van der Waals surface area contributed by atoms with Crippen molar-refractivity contribution >= 4 is 12.7 Å². The Labute approximate surface area is 151 Å². The normalized spacial score (nSPS) is 11.0. The fourth-order valence-electron chi connectivity index (χ4n) is 1.32. The maximum Gasteiger partial charge on any atom is 1.00 e. The van der Waals surface area contributed by atoms with Gasteiger partial charge in [0, 0.05) is 33.2 Å². The maximum absolute atomic E-state index is 12.2. The summed E-state index contributed by atoms with van der Waals surface area (Å²) in [4.78, 5) is 13.1. The van der Waals surface area contributed by atoms with E-state index in [1.807, 2.05) is 0 Å². The summed E-state index contributed by atoms with van der Waals surface area (Å²) in [5.74, 6) is 0. The summed E-state index contributed by atoms with van der Waals surface area (Å²) < 4.78 is 41.8. The third-order valence-electron chi connectivity index (χ3n) is 2.31. The fourth-order valence-corrected chi connectivity index (χ4v) is 1.32. The van der Waals surface area contributed by atoms with E-state index >= 15 is 0 Å². The van der Waals surface area contributed by atoms with Crippen molar-refractivity contribution in [3.63, 3.8) is 0 Å². The minimum absolute atomic E-state index is 0. The third kappa shape index (κ3) is 6.91. The molecule has 102 valence electrons. The van der Waals surface area contributed by atoms with E-state index in [1.165, 1.54) is 13.3 Å². The van der Waals surface area contributed by atoms with E-state index in [0.717, 1.165) is 6.07 Å². The van der Waals surface area contributed by atoms with Crippen LogP contribution in [0.5, 0.6) is 0 Å². The molecule has 10 heteroatoms. The van der Waals surface area contributed by atoms with Crippen LogP contribution in [-0.4, -0.2) is 44.1 Å². The molecule has 0 atom stereocenters. The van der Waals surface area contributed by atoms with E-state index < -0.39 is 19.0 Å². The predicted molar refractivity (Wildman–Crippen MR) is 62.7 cm³/mol. The average molecular weight is 303 g/mol. The monoisotopic (exact) mass is 303 g/mol. The Morgan fingerprint density at radius 1 is 1.47 bits per heavy atom. The van der Waals surface area contributed by atoms with Gasteiger partial charge in [-0.1, -0.05) is 0 Å². The molecule has 0 N–H and O–H groups in total. The molecule has 0 fully saturated rings. The van der Waals surface area contributed by atoms with Gasteiger partial charge in [0.1, 0.15) is 0 Å². The number of hydrogen-bond donors (Lipinski definition) is 0. The number of nitrogens with zero attached hydrogens (tertiary/aromatic N) is 3. The van der Waals surface area contributed by atoms with Crippen molar-refractivity contribution in [2.45, 2.75) is 6.44 Å². The average Bonchev–Trinajstić information content (AvgIpc) is 2.27. The van der Waals surface area contributed by atoms with Gasteiger partial charge in [0.05, 0.1) is 18.5 Å². The van der Waals surface area contributed by atoms with Gasteiger partial charge < -0.3 is 22.6 Å². The molecule has 1 aromatic rings. The van der Waals surface area contributed by atoms with E-state index in [0.29, 0.717) is 23.5 Å². The number of anilines is 1. The Morgan fingerprint density at radius 3 is 2.58 bits per heavy atom. The first-order valence-electron chi connectivity index (χ1n) is 5.32. The molecule has 0 amide bonds. The van der Waals surface area contributed by atoms with Gasteiger partial charge in [0.2, 0.25) is 0 Å². The number of methoxy groups -OCH3 is 1. The Balaban J connectivity index is 0.00000324. The predicted octanol–water partition coefficient (Wildman–Crippen LogP) is -2.28. The van der Waals surface area contributed by atoms with Gasteiger partial charge in [-0.15, -0.1) is 0 Å². The smallest absolute Gasteiger partial charge is 0.448 e. The molecule has 1 heterocycles. The van der Waals surface area contributed by atoms with Crippen LogP contribution in [0.25, 0.3) is 0 Å². The summed E-state index contributed by atoms with van der Waals surface area (Å²) in [5, 5.41) is 3.51. The van der Waals surface area contributed by atoms with E-state index in [-0.39, 0.29) is 51.4 Å². The SMILES string of the molecule is COCCN(C)c1cnn(C[B-](F)(F)F)c(=O)c1.[K+]. The summed E-state index contributed by atoms with van der Waals surface area (Å²) >= 11 is 0. The second-order valence-corrected chi connectivity index (χ2v) is 3.86. The Hall–Kier alpha value is 0.131. The van der Waals surface area contributed by atoms with E-state index in [1.54, 1.807) is 11.9 Å². The Bertz CT molecular complexity index is 455. The summed E-state index contributed by atoms with van der Waals surface area (Å²) in [6, 6.07) is 1.13. The first-order valence-corrected chi connectivity index (χ1v) is 5.32. The van der Waals surface area contributed by atoms with Crippen molar-refractivity contribution < 1.29 is 69.1 Å². The van der Waals surface area contributed by atoms with Crippen LogP contribution in [0, 0.1) is 0 Å². The van der Waals surface area contributed by atoms with Crippen LogP contribution in [-0.2, 0) is 11.2 Å². The van der Waals surface area contributed by atoms with Crippen LogP contribution in [0.2, 0.25) is 0 Å². The van der Waals surface area contributed by atoms with Crippen molar-refractivity contribution in [2.75, 3.05) is 32.2 Å². The molecule has 0 bridgehead atoms. The van der Waals surface area contributed by atoms with Gasteiger partial charge in [-0.3, -0.25) is 9.48 Å². The number of halogens is 3. The Kier molecular flexibility index (Phi) is 8.48. The first-order chi connectivity index (χ1) is 8.33. The molecular weight excluding hydrogens is 289 g/mol. The Morgan fingerprint density at radius 2 is 2.11 bits per heavy atom. The van der Waals surface area contributed by atoms with Crippen molar-refractivity contribution in [1.82, 2.24) is 9.78 Å². The van der Waals surface area contributed by atoms with E-state index in [4.69, 9.17) is 4.74 Å². The van der Waals surface area contributed by atoms with Crippen LogP contribution >= 0.6 is 0 Å². The van der Waals surface area contributed by atoms with Crippen LogP contribution in [0.15, 0.2) is 17.1 Å². The summed E-state index contributed by atoms with van der Waals surface area (Å²) in [7, 11) is 3.24. The van der Waals surface area contributed by atoms with Crippen LogP contribution in [0.3, 0.4) is 0 Å². The third-order valence-corrected chi connectivity index (χ3v) is 2.31. The van der Waals surface area contributed by atoms with Gasteiger partial charge in [0.25, 0.3) is 5.56 Å². The van der Waals surface area contributed by atoms with Crippen LogP contribution in [0.4, 0.5) is 18.6 Å². The van der Waals surface area contributed by atoms with Crippen molar-refractivity contribution in [2.24, 2.45) is 0 Å². The molecule has 0 spiro atoms. The molecule has 5 nitrogen and oxygen atoms in total. The number of aromatic nitrogens is 2. The first kappa shape index (κ1) is 19.1. The minimum atomic E-state index is -5.07. The van der Waals surface area contributed by atoms with Gasteiger partial charge in [-0.25, -0.2) is 0 Å². The summed E-state index contributed by atoms with van der Waals surface area (Å²) in [6.07, 6.45) is -0.0836. The van der Waals surface area contributed by atoms with Crippen molar-refractivity contribution in [3.05, 3.63) is 22.6 Å². The quantitative estimate of drug-likeness (QED) is 0.556. The molecular formula is C9H14BF3KN3O2. The molecule has 1 aromatic heterocycles. The fraction of sp³-hybridized carbons (Fsp3) is 0.556. The minimum Gasteiger partial charge on any atom is -0.448 e.